The van der Waals surface area contributed by atoms with Crippen molar-refractivity contribution in [3.8, 4) is 0 Å². The zero-order chi connectivity index (χ0) is 12.0. The van der Waals surface area contributed by atoms with Crippen molar-refractivity contribution in [2.24, 2.45) is 0 Å². The standard InChI is InChI=1S/C11H20N2O3/c1-3-9(16-2)7-12-11(15)10-5-4-6-13(10)8-14/h8-10H,3-7H2,1-2H3,(H,12,15). The smallest absolute Gasteiger partial charge is 0.242 e. The first-order valence-corrected chi connectivity index (χ1v) is 5.74. The Kier molecular flexibility index (Phi) is 5.25. The van der Waals surface area contributed by atoms with Crippen LogP contribution in [0.1, 0.15) is 26.2 Å². The number of carbonyl (C=O) groups is 2. The van der Waals surface area contributed by atoms with Gasteiger partial charge in [-0.3, -0.25) is 9.59 Å². The highest BCUT2D eigenvalue weighted by molar-refractivity contribution is 5.84. The van der Waals surface area contributed by atoms with Crippen LogP contribution in [0.3, 0.4) is 0 Å². The van der Waals surface area contributed by atoms with E-state index in [0.717, 1.165) is 25.7 Å². The minimum Gasteiger partial charge on any atom is -0.380 e. The topological polar surface area (TPSA) is 58.6 Å². The molecule has 0 bridgehead atoms. The Morgan fingerprint density at radius 1 is 1.69 bits per heavy atom. The third-order valence-corrected chi connectivity index (χ3v) is 3.02. The molecule has 0 aliphatic carbocycles. The van der Waals surface area contributed by atoms with Crippen molar-refractivity contribution < 1.29 is 14.3 Å². The first-order valence-electron chi connectivity index (χ1n) is 5.74. The van der Waals surface area contributed by atoms with Crippen LogP contribution < -0.4 is 5.32 Å². The molecule has 0 aromatic carbocycles. The Morgan fingerprint density at radius 3 is 3.00 bits per heavy atom. The van der Waals surface area contributed by atoms with Gasteiger partial charge >= 0.3 is 0 Å². The van der Waals surface area contributed by atoms with Gasteiger partial charge in [0, 0.05) is 20.2 Å². The quantitative estimate of drug-likeness (QED) is 0.658. The van der Waals surface area contributed by atoms with E-state index in [2.05, 4.69) is 5.32 Å². The van der Waals surface area contributed by atoms with E-state index in [0.29, 0.717) is 13.1 Å². The lowest BCUT2D eigenvalue weighted by molar-refractivity contribution is -0.131. The van der Waals surface area contributed by atoms with Gasteiger partial charge in [-0.1, -0.05) is 6.92 Å². The summed E-state index contributed by atoms with van der Waals surface area (Å²) in [6, 6.07) is -0.285. The van der Waals surface area contributed by atoms with Gasteiger partial charge in [0.1, 0.15) is 6.04 Å². The summed E-state index contributed by atoms with van der Waals surface area (Å²) in [7, 11) is 1.63. The Labute approximate surface area is 96.1 Å². The second-order valence-corrected chi connectivity index (χ2v) is 4.01. The predicted octanol–water partition coefficient (Wildman–Crippen LogP) is 0.148. The number of methoxy groups -OCH3 is 1. The molecule has 1 aliphatic heterocycles. The fourth-order valence-corrected chi connectivity index (χ4v) is 1.92. The van der Waals surface area contributed by atoms with E-state index in [9.17, 15) is 9.59 Å². The van der Waals surface area contributed by atoms with E-state index >= 15 is 0 Å². The minimum absolute atomic E-state index is 0.0510. The molecule has 1 rings (SSSR count). The number of likely N-dealkylation sites (tertiary alicyclic amines) is 1. The second kappa shape index (κ2) is 6.48. The van der Waals surface area contributed by atoms with Crippen LogP contribution in [-0.4, -0.2) is 49.6 Å². The molecule has 0 aromatic heterocycles. The highest BCUT2D eigenvalue weighted by atomic mass is 16.5. The summed E-state index contributed by atoms with van der Waals surface area (Å²) < 4.78 is 5.17. The fourth-order valence-electron chi connectivity index (χ4n) is 1.92. The molecular formula is C11H20N2O3. The number of nitrogens with zero attached hydrogens (tertiary/aromatic N) is 1. The molecule has 16 heavy (non-hydrogen) atoms. The van der Waals surface area contributed by atoms with Gasteiger partial charge in [-0.2, -0.15) is 0 Å². The maximum absolute atomic E-state index is 11.8. The van der Waals surface area contributed by atoms with E-state index < -0.39 is 0 Å². The monoisotopic (exact) mass is 228 g/mol. The van der Waals surface area contributed by atoms with Gasteiger partial charge in [-0.15, -0.1) is 0 Å². The minimum atomic E-state index is -0.285. The molecule has 1 N–H and O–H groups in total. The van der Waals surface area contributed by atoms with Crippen LogP contribution in [0.2, 0.25) is 0 Å². The van der Waals surface area contributed by atoms with Crippen LogP contribution in [0.15, 0.2) is 0 Å². The Morgan fingerprint density at radius 2 is 2.44 bits per heavy atom. The van der Waals surface area contributed by atoms with Crippen molar-refractivity contribution >= 4 is 12.3 Å². The van der Waals surface area contributed by atoms with Gasteiger partial charge in [-0.25, -0.2) is 0 Å². The molecule has 1 heterocycles. The van der Waals surface area contributed by atoms with Gasteiger partial charge in [0.2, 0.25) is 12.3 Å². The molecule has 0 aromatic rings. The molecule has 0 spiro atoms. The zero-order valence-corrected chi connectivity index (χ0v) is 9.94. The lowest BCUT2D eigenvalue weighted by Crippen LogP contribution is -2.45. The van der Waals surface area contributed by atoms with E-state index in [4.69, 9.17) is 4.74 Å². The van der Waals surface area contributed by atoms with E-state index in [-0.39, 0.29) is 18.1 Å². The number of amides is 2. The van der Waals surface area contributed by atoms with Gasteiger partial charge in [-0.05, 0) is 19.3 Å². The van der Waals surface area contributed by atoms with Crippen LogP contribution in [0, 0.1) is 0 Å². The van der Waals surface area contributed by atoms with Gasteiger partial charge in [0.05, 0.1) is 6.10 Å². The summed E-state index contributed by atoms with van der Waals surface area (Å²) in [4.78, 5) is 24.0. The number of hydrogen-bond donors (Lipinski definition) is 1. The molecule has 2 unspecified atom stereocenters. The Bertz CT molecular complexity index is 241. The average Bonchev–Trinajstić information content (AvgIpc) is 2.78. The Balaban J connectivity index is 2.37. The van der Waals surface area contributed by atoms with E-state index in [1.165, 1.54) is 0 Å². The van der Waals surface area contributed by atoms with Crippen LogP contribution in [-0.2, 0) is 14.3 Å². The Hall–Kier alpha value is -1.10. The molecule has 1 saturated heterocycles. The van der Waals surface area contributed by atoms with Gasteiger partial charge in [0.15, 0.2) is 0 Å². The highest BCUT2D eigenvalue weighted by Crippen LogP contribution is 2.14. The van der Waals surface area contributed by atoms with Crippen molar-refractivity contribution in [3.63, 3.8) is 0 Å². The highest BCUT2D eigenvalue weighted by Gasteiger charge is 2.29. The summed E-state index contributed by atoms with van der Waals surface area (Å²) in [5.41, 5.74) is 0. The fraction of sp³-hybridized carbons (Fsp3) is 0.818. The van der Waals surface area contributed by atoms with Gasteiger partial charge in [0.25, 0.3) is 0 Å². The maximum Gasteiger partial charge on any atom is 0.242 e. The van der Waals surface area contributed by atoms with Crippen LogP contribution >= 0.6 is 0 Å². The lowest BCUT2D eigenvalue weighted by Gasteiger charge is -2.20. The lowest BCUT2D eigenvalue weighted by atomic mass is 10.2. The molecule has 0 radical (unpaired) electrons. The molecular weight excluding hydrogens is 208 g/mol. The number of carbonyl (C=O) groups excluding carboxylic acids is 2. The molecule has 0 saturated carbocycles. The predicted molar refractivity (Wildman–Crippen MR) is 59.9 cm³/mol. The molecule has 1 aliphatic rings. The zero-order valence-electron chi connectivity index (χ0n) is 9.94. The number of rotatable bonds is 6. The normalized spacial score (nSPS) is 21.9. The average molecular weight is 228 g/mol. The number of hydrogen-bond acceptors (Lipinski definition) is 3. The molecule has 2 amide bonds. The molecule has 92 valence electrons. The molecule has 5 nitrogen and oxygen atoms in total. The molecule has 2 atom stereocenters. The van der Waals surface area contributed by atoms with Crippen LogP contribution in [0.4, 0.5) is 0 Å². The summed E-state index contributed by atoms with van der Waals surface area (Å²) >= 11 is 0. The summed E-state index contributed by atoms with van der Waals surface area (Å²) in [5, 5.41) is 2.83. The van der Waals surface area contributed by atoms with Crippen molar-refractivity contribution in [1.82, 2.24) is 10.2 Å². The van der Waals surface area contributed by atoms with Gasteiger partial charge < -0.3 is 15.0 Å². The molecule has 1 fully saturated rings. The second-order valence-electron chi connectivity index (χ2n) is 4.01. The largest absolute Gasteiger partial charge is 0.380 e. The summed E-state index contributed by atoms with van der Waals surface area (Å²) in [6.45, 7) is 3.20. The van der Waals surface area contributed by atoms with Crippen LogP contribution in [0.25, 0.3) is 0 Å². The van der Waals surface area contributed by atoms with Crippen molar-refractivity contribution in [2.45, 2.75) is 38.3 Å². The summed E-state index contributed by atoms with van der Waals surface area (Å²) in [6.07, 6.45) is 3.33. The third kappa shape index (κ3) is 3.20. The van der Waals surface area contributed by atoms with Crippen molar-refractivity contribution in [3.05, 3.63) is 0 Å². The first-order chi connectivity index (χ1) is 7.72. The van der Waals surface area contributed by atoms with E-state index in [1.807, 2.05) is 6.92 Å². The van der Waals surface area contributed by atoms with E-state index in [1.54, 1.807) is 12.0 Å². The SMILES string of the molecule is CCC(CNC(=O)C1CCCN1C=O)OC. The first kappa shape index (κ1) is 13.0. The maximum atomic E-state index is 11.8. The number of ether oxygens (including phenoxy) is 1. The summed E-state index contributed by atoms with van der Waals surface area (Å²) in [5.74, 6) is -0.0694. The third-order valence-electron chi connectivity index (χ3n) is 3.02. The van der Waals surface area contributed by atoms with Crippen molar-refractivity contribution in [1.29, 1.82) is 0 Å². The van der Waals surface area contributed by atoms with Crippen LogP contribution in [0.5, 0.6) is 0 Å². The number of nitrogens with one attached hydrogen (secondary N) is 1. The van der Waals surface area contributed by atoms with Crippen molar-refractivity contribution in [2.75, 3.05) is 20.2 Å². The molecule has 5 heteroatoms.